The first-order valence-electron chi connectivity index (χ1n) is 7.02. The van der Waals surface area contributed by atoms with Crippen molar-refractivity contribution in [2.24, 2.45) is 0 Å². The van der Waals surface area contributed by atoms with E-state index in [1.165, 1.54) is 0 Å². The molecule has 0 bridgehead atoms. The Bertz CT molecular complexity index is 354. The highest BCUT2D eigenvalue weighted by atomic mass is 32.2. The minimum absolute atomic E-state index is 0.0366. The number of halogens is 3. The molecule has 0 aromatic heterocycles. The highest BCUT2D eigenvalue weighted by Crippen LogP contribution is 2.29. The summed E-state index contributed by atoms with van der Waals surface area (Å²) in [4.78, 5) is 0. The fourth-order valence-electron chi connectivity index (χ4n) is 2.07. The van der Waals surface area contributed by atoms with Crippen LogP contribution in [-0.2, 0) is 0 Å². The summed E-state index contributed by atoms with van der Waals surface area (Å²) < 4.78 is 36.3. The summed E-state index contributed by atoms with van der Waals surface area (Å²) in [6.45, 7) is 2.51. The van der Waals surface area contributed by atoms with Gasteiger partial charge in [0.05, 0.1) is 0 Å². The van der Waals surface area contributed by atoms with E-state index in [9.17, 15) is 13.2 Å². The molecule has 1 unspecified atom stereocenters. The first-order valence-corrected chi connectivity index (χ1v) is 8.00. The van der Waals surface area contributed by atoms with E-state index in [1.807, 2.05) is 30.3 Å². The minimum atomic E-state index is -4.13. The highest BCUT2D eigenvalue weighted by molar-refractivity contribution is 8.00. The van der Waals surface area contributed by atoms with Crippen molar-refractivity contribution in [2.75, 3.05) is 12.3 Å². The van der Waals surface area contributed by atoms with Gasteiger partial charge in [-0.3, -0.25) is 0 Å². The van der Waals surface area contributed by atoms with Crippen molar-refractivity contribution in [1.82, 2.24) is 5.32 Å². The summed E-state index contributed by atoms with van der Waals surface area (Å²) in [5.74, 6) is 0.0562. The van der Waals surface area contributed by atoms with Crippen LogP contribution < -0.4 is 5.32 Å². The lowest BCUT2D eigenvalue weighted by Gasteiger charge is -2.19. The van der Waals surface area contributed by atoms with Crippen LogP contribution in [0.15, 0.2) is 30.3 Å². The van der Waals surface area contributed by atoms with Gasteiger partial charge in [-0.25, -0.2) is 0 Å². The van der Waals surface area contributed by atoms with Gasteiger partial charge in [-0.2, -0.15) is 13.2 Å². The molecule has 1 aromatic carbocycles. The molecule has 0 radical (unpaired) electrons. The van der Waals surface area contributed by atoms with Crippen molar-refractivity contribution in [1.29, 1.82) is 0 Å². The van der Waals surface area contributed by atoms with Crippen LogP contribution in [0.3, 0.4) is 0 Å². The molecule has 0 amide bonds. The monoisotopic (exact) mass is 305 g/mol. The summed E-state index contributed by atoms with van der Waals surface area (Å²) in [6.07, 6.45) is 4.36. The number of benzene rings is 1. The number of alkyl halides is 3. The fraction of sp³-hybridized carbons (Fsp3) is 0.600. The minimum Gasteiger partial charge on any atom is -0.309 e. The molecule has 0 aliphatic carbocycles. The fourth-order valence-corrected chi connectivity index (χ4v) is 2.52. The summed E-state index contributed by atoms with van der Waals surface area (Å²) in [7, 11) is 0. The Labute approximate surface area is 123 Å². The number of hydrogen-bond donors (Lipinski definition) is 1. The third-order valence-electron chi connectivity index (χ3n) is 3.06. The molecule has 0 saturated carbocycles. The average molecular weight is 305 g/mol. The van der Waals surface area contributed by atoms with Gasteiger partial charge in [-0.05, 0) is 23.7 Å². The molecule has 1 nitrogen and oxygen atoms in total. The smallest absolute Gasteiger partial charge is 0.309 e. The zero-order valence-corrected chi connectivity index (χ0v) is 12.6. The van der Waals surface area contributed by atoms with Crippen LogP contribution in [0.1, 0.15) is 44.2 Å². The lowest BCUT2D eigenvalue weighted by atomic mass is 10.0. The third-order valence-corrected chi connectivity index (χ3v) is 3.79. The number of nitrogens with one attached hydrogen (secondary N) is 1. The maximum Gasteiger partial charge on any atom is 0.441 e. The van der Waals surface area contributed by atoms with Gasteiger partial charge in [0.15, 0.2) is 0 Å². The summed E-state index contributed by atoms with van der Waals surface area (Å²) in [6, 6.07) is 10.1. The van der Waals surface area contributed by atoms with E-state index in [1.54, 1.807) is 0 Å². The molecule has 0 aliphatic rings. The van der Waals surface area contributed by atoms with Crippen LogP contribution in [0.25, 0.3) is 0 Å². The lowest BCUT2D eigenvalue weighted by molar-refractivity contribution is -0.0327. The molecule has 1 rings (SSSR count). The van der Waals surface area contributed by atoms with E-state index in [4.69, 9.17) is 0 Å². The SMILES string of the molecule is CCCCCC(NCCSC(F)(F)F)c1ccccc1. The van der Waals surface area contributed by atoms with E-state index in [0.29, 0.717) is 6.54 Å². The molecule has 0 heterocycles. The van der Waals surface area contributed by atoms with Gasteiger partial charge in [0.2, 0.25) is 0 Å². The van der Waals surface area contributed by atoms with Gasteiger partial charge in [0.1, 0.15) is 0 Å². The van der Waals surface area contributed by atoms with Crippen LogP contribution in [0.4, 0.5) is 13.2 Å². The number of unbranched alkanes of at least 4 members (excludes halogenated alkanes) is 2. The van der Waals surface area contributed by atoms with Crippen molar-refractivity contribution in [3.63, 3.8) is 0 Å². The molecule has 20 heavy (non-hydrogen) atoms. The zero-order chi connectivity index (χ0) is 14.8. The van der Waals surface area contributed by atoms with Crippen molar-refractivity contribution < 1.29 is 13.2 Å². The maximum absolute atomic E-state index is 12.1. The molecule has 114 valence electrons. The number of rotatable bonds is 9. The van der Waals surface area contributed by atoms with Gasteiger partial charge in [0, 0.05) is 18.3 Å². The molecule has 0 saturated heterocycles. The number of hydrogen-bond acceptors (Lipinski definition) is 2. The van der Waals surface area contributed by atoms with Crippen molar-refractivity contribution in [3.05, 3.63) is 35.9 Å². The van der Waals surface area contributed by atoms with E-state index < -0.39 is 5.51 Å². The molecule has 0 spiro atoms. The van der Waals surface area contributed by atoms with Crippen molar-refractivity contribution in [3.8, 4) is 0 Å². The molecule has 1 N–H and O–H groups in total. The lowest BCUT2D eigenvalue weighted by Crippen LogP contribution is -2.24. The Hall–Kier alpha value is -0.680. The van der Waals surface area contributed by atoms with Crippen LogP contribution in [0, 0.1) is 0 Å². The average Bonchev–Trinajstić information content (AvgIpc) is 2.41. The zero-order valence-electron chi connectivity index (χ0n) is 11.7. The second-order valence-corrected chi connectivity index (χ2v) is 5.87. The van der Waals surface area contributed by atoms with E-state index >= 15 is 0 Å². The summed E-state index contributed by atoms with van der Waals surface area (Å²) in [5.41, 5.74) is -2.98. The largest absolute Gasteiger partial charge is 0.441 e. The topological polar surface area (TPSA) is 12.0 Å². The Morgan fingerprint density at radius 2 is 1.85 bits per heavy atom. The molecule has 5 heteroatoms. The molecule has 1 aromatic rings. The van der Waals surface area contributed by atoms with Crippen LogP contribution in [0.2, 0.25) is 0 Å². The predicted octanol–water partition coefficient (Wildman–Crippen LogP) is 5.15. The Morgan fingerprint density at radius 1 is 1.15 bits per heavy atom. The van der Waals surface area contributed by atoms with Crippen molar-refractivity contribution >= 4 is 11.8 Å². The summed E-state index contributed by atoms with van der Waals surface area (Å²) >= 11 is 0.0366. The second-order valence-electron chi connectivity index (χ2n) is 4.71. The van der Waals surface area contributed by atoms with E-state index in [-0.39, 0.29) is 23.6 Å². The number of thioether (sulfide) groups is 1. The Kier molecular flexibility index (Phi) is 8.07. The standard InChI is InChI=1S/C15H22F3NS/c1-2-3-5-10-14(13-8-6-4-7-9-13)19-11-12-20-15(16,17)18/h4,6-9,14,19H,2-3,5,10-12H2,1H3. The molecule has 0 fully saturated rings. The van der Waals surface area contributed by atoms with E-state index in [0.717, 1.165) is 31.2 Å². The first kappa shape index (κ1) is 17.4. The van der Waals surface area contributed by atoms with Gasteiger partial charge in [-0.15, -0.1) is 0 Å². The summed E-state index contributed by atoms with van der Waals surface area (Å²) in [5, 5.41) is 3.25. The van der Waals surface area contributed by atoms with Crippen LogP contribution in [0.5, 0.6) is 0 Å². The normalized spacial score (nSPS) is 13.4. The third kappa shape index (κ3) is 7.80. The van der Waals surface area contributed by atoms with Crippen LogP contribution in [-0.4, -0.2) is 17.8 Å². The Morgan fingerprint density at radius 3 is 2.45 bits per heavy atom. The first-order chi connectivity index (χ1) is 9.53. The molecular weight excluding hydrogens is 283 g/mol. The van der Waals surface area contributed by atoms with E-state index in [2.05, 4.69) is 12.2 Å². The van der Waals surface area contributed by atoms with Crippen LogP contribution >= 0.6 is 11.8 Å². The van der Waals surface area contributed by atoms with Gasteiger partial charge in [-0.1, -0.05) is 56.5 Å². The molecule has 1 atom stereocenters. The van der Waals surface area contributed by atoms with Gasteiger partial charge < -0.3 is 5.32 Å². The van der Waals surface area contributed by atoms with Gasteiger partial charge >= 0.3 is 5.51 Å². The second kappa shape index (κ2) is 9.29. The molecular formula is C15H22F3NS. The van der Waals surface area contributed by atoms with Gasteiger partial charge in [0.25, 0.3) is 0 Å². The maximum atomic E-state index is 12.1. The quantitative estimate of drug-likeness (QED) is 0.633. The Balaban J connectivity index is 2.42. The molecule has 0 aliphatic heterocycles. The predicted molar refractivity (Wildman–Crippen MR) is 79.8 cm³/mol. The highest BCUT2D eigenvalue weighted by Gasteiger charge is 2.27. The van der Waals surface area contributed by atoms with Crippen molar-refractivity contribution in [2.45, 2.75) is 44.2 Å².